The first-order valence-corrected chi connectivity index (χ1v) is 9.20. The van der Waals surface area contributed by atoms with Crippen molar-refractivity contribution in [2.45, 2.75) is 32.0 Å². The van der Waals surface area contributed by atoms with Crippen molar-refractivity contribution in [2.24, 2.45) is 0 Å². The number of rotatable bonds is 6. The Labute approximate surface area is 169 Å². The Morgan fingerprint density at radius 1 is 1.17 bits per heavy atom. The number of aliphatic hydroxyl groups is 1. The number of aromatic nitrogens is 6. The zero-order chi connectivity index (χ0) is 21.3. The first kappa shape index (κ1) is 19.8. The Kier molecular flexibility index (Phi) is 5.08. The molecule has 154 valence electrons. The van der Waals surface area contributed by atoms with E-state index in [0.717, 1.165) is 16.3 Å². The molecule has 0 bridgehead atoms. The topological polar surface area (TPSA) is 98.7 Å². The minimum atomic E-state index is -1.80. The second-order valence-electron chi connectivity index (χ2n) is 7.14. The van der Waals surface area contributed by atoms with Crippen LogP contribution in [0.2, 0.25) is 0 Å². The summed E-state index contributed by atoms with van der Waals surface area (Å²) in [6.07, 6.45) is 2.56. The van der Waals surface area contributed by atoms with Gasteiger partial charge < -0.3 is 5.11 Å². The van der Waals surface area contributed by atoms with Gasteiger partial charge in [-0.05, 0) is 25.1 Å². The van der Waals surface area contributed by atoms with Crippen molar-refractivity contribution in [3.05, 3.63) is 82.2 Å². The van der Waals surface area contributed by atoms with Crippen molar-refractivity contribution in [3.8, 4) is 0 Å². The Morgan fingerprint density at radius 3 is 2.73 bits per heavy atom. The van der Waals surface area contributed by atoms with Crippen molar-refractivity contribution in [3.63, 3.8) is 0 Å². The van der Waals surface area contributed by atoms with Crippen LogP contribution in [0.5, 0.6) is 0 Å². The smallest absolute Gasteiger partial charge is 0.277 e. The molecule has 0 fully saturated rings. The molecule has 4 rings (SSSR count). The van der Waals surface area contributed by atoms with Crippen LogP contribution >= 0.6 is 0 Å². The van der Waals surface area contributed by atoms with Gasteiger partial charge in [-0.1, -0.05) is 22.9 Å². The molecule has 0 aliphatic rings. The van der Waals surface area contributed by atoms with Crippen LogP contribution in [-0.4, -0.2) is 34.9 Å². The van der Waals surface area contributed by atoms with E-state index < -0.39 is 17.2 Å². The van der Waals surface area contributed by atoms with Crippen LogP contribution in [0.1, 0.15) is 17.5 Å². The number of benzene rings is 2. The van der Waals surface area contributed by atoms with E-state index in [1.165, 1.54) is 23.4 Å². The maximum atomic E-state index is 14.5. The Morgan fingerprint density at radius 2 is 2.00 bits per heavy atom. The molecule has 0 saturated carbocycles. The highest BCUT2D eigenvalue weighted by Gasteiger charge is 2.33. The SMILES string of the molecule is Cc1ccc2nnn(CCC(O)(Cn3cncn3)c3ccc(F)cc3F)c(=O)c2c1. The normalized spacial score (nSPS) is 13.5. The van der Waals surface area contributed by atoms with Gasteiger partial charge in [0.1, 0.15) is 35.4 Å². The van der Waals surface area contributed by atoms with E-state index in [0.29, 0.717) is 17.0 Å². The highest BCUT2D eigenvalue weighted by atomic mass is 19.1. The summed E-state index contributed by atoms with van der Waals surface area (Å²) in [6, 6.07) is 8.19. The summed E-state index contributed by atoms with van der Waals surface area (Å²) in [5.74, 6) is -1.66. The summed E-state index contributed by atoms with van der Waals surface area (Å²) < 4.78 is 30.3. The number of hydrogen-bond donors (Lipinski definition) is 1. The van der Waals surface area contributed by atoms with E-state index >= 15 is 0 Å². The molecule has 2 heterocycles. The number of halogens is 2. The Balaban J connectivity index is 1.70. The van der Waals surface area contributed by atoms with Gasteiger partial charge >= 0.3 is 0 Å². The molecule has 0 radical (unpaired) electrons. The van der Waals surface area contributed by atoms with Gasteiger partial charge in [0.25, 0.3) is 5.56 Å². The monoisotopic (exact) mass is 412 g/mol. The maximum Gasteiger partial charge on any atom is 0.277 e. The molecule has 8 nitrogen and oxygen atoms in total. The summed E-state index contributed by atoms with van der Waals surface area (Å²) in [7, 11) is 0. The van der Waals surface area contributed by atoms with Crippen molar-refractivity contribution < 1.29 is 13.9 Å². The van der Waals surface area contributed by atoms with Gasteiger partial charge in [0.05, 0.1) is 11.9 Å². The third-order valence-corrected chi connectivity index (χ3v) is 4.94. The molecule has 0 aliphatic heterocycles. The molecular weight excluding hydrogens is 394 g/mol. The fourth-order valence-corrected chi connectivity index (χ4v) is 3.38. The lowest BCUT2D eigenvalue weighted by Gasteiger charge is -2.29. The summed E-state index contributed by atoms with van der Waals surface area (Å²) in [4.78, 5) is 16.6. The summed E-state index contributed by atoms with van der Waals surface area (Å²) >= 11 is 0. The van der Waals surface area contributed by atoms with Crippen LogP contribution in [0.15, 0.2) is 53.8 Å². The van der Waals surface area contributed by atoms with E-state index in [-0.39, 0.29) is 30.6 Å². The standard InChI is InChI=1S/C20H18F2N6O2/c1-13-2-5-18-15(8-13)19(29)28(26-25-18)7-6-20(30,10-27-12-23-11-24-27)16-4-3-14(21)9-17(16)22/h2-5,8-9,11-12,30H,6-7,10H2,1H3. The van der Waals surface area contributed by atoms with Crippen molar-refractivity contribution in [2.75, 3.05) is 0 Å². The van der Waals surface area contributed by atoms with Gasteiger partial charge in [-0.25, -0.2) is 23.1 Å². The summed E-state index contributed by atoms with van der Waals surface area (Å²) in [5.41, 5.74) is -0.920. The molecule has 0 saturated heterocycles. The molecule has 2 aromatic carbocycles. The summed E-state index contributed by atoms with van der Waals surface area (Å²) in [6.45, 7) is 1.67. The largest absolute Gasteiger partial charge is 0.383 e. The number of nitrogens with zero attached hydrogens (tertiary/aromatic N) is 6. The molecular formula is C20H18F2N6O2. The van der Waals surface area contributed by atoms with E-state index in [1.54, 1.807) is 12.1 Å². The van der Waals surface area contributed by atoms with Gasteiger partial charge in [0.2, 0.25) is 0 Å². The van der Waals surface area contributed by atoms with Crippen LogP contribution < -0.4 is 5.56 Å². The molecule has 0 aliphatic carbocycles. The first-order valence-electron chi connectivity index (χ1n) is 9.20. The molecule has 0 amide bonds. The molecule has 10 heteroatoms. The minimum Gasteiger partial charge on any atom is -0.383 e. The average Bonchev–Trinajstić information content (AvgIpc) is 3.20. The Bertz CT molecular complexity index is 1260. The van der Waals surface area contributed by atoms with Gasteiger partial charge in [-0.2, -0.15) is 5.10 Å². The molecule has 30 heavy (non-hydrogen) atoms. The fourth-order valence-electron chi connectivity index (χ4n) is 3.38. The zero-order valence-electron chi connectivity index (χ0n) is 16.0. The predicted octanol–water partition coefficient (Wildman–Crippen LogP) is 1.95. The van der Waals surface area contributed by atoms with Crippen LogP contribution in [0.25, 0.3) is 10.9 Å². The van der Waals surface area contributed by atoms with Crippen LogP contribution in [-0.2, 0) is 18.7 Å². The first-order chi connectivity index (χ1) is 14.4. The predicted molar refractivity (Wildman–Crippen MR) is 103 cm³/mol. The number of fused-ring (bicyclic) bond motifs is 1. The molecule has 2 aromatic heterocycles. The molecule has 1 atom stereocenters. The van der Waals surface area contributed by atoms with Crippen molar-refractivity contribution >= 4 is 10.9 Å². The quantitative estimate of drug-likeness (QED) is 0.520. The Hall–Kier alpha value is -3.53. The van der Waals surface area contributed by atoms with Crippen molar-refractivity contribution in [1.29, 1.82) is 0 Å². The van der Waals surface area contributed by atoms with Gasteiger partial charge in [-0.3, -0.25) is 4.79 Å². The molecule has 4 aromatic rings. The highest BCUT2D eigenvalue weighted by Crippen LogP contribution is 2.30. The van der Waals surface area contributed by atoms with E-state index in [9.17, 15) is 18.7 Å². The zero-order valence-corrected chi connectivity index (χ0v) is 16.0. The lowest BCUT2D eigenvalue weighted by atomic mass is 9.89. The maximum absolute atomic E-state index is 14.5. The van der Waals surface area contributed by atoms with Crippen LogP contribution in [0.4, 0.5) is 8.78 Å². The van der Waals surface area contributed by atoms with Gasteiger partial charge in [0, 0.05) is 24.6 Å². The number of hydrogen-bond acceptors (Lipinski definition) is 6. The van der Waals surface area contributed by atoms with E-state index in [4.69, 9.17) is 0 Å². The lowest BCUT2D eigenvalue weighted by Crippen LogP contribution is -2.36. The molecule has 1 unspecified atom stereocenters. The highest BCUT2D eigenvalue weighted by molar-refractivity contribution is 5.77. The molecule has 0 spiro atoms. The third-order valence-electron chi connectivity index (χ3n) is 4.94. The second kappa shape index (κ2) is 7.71. The second-order valence-corrected chi connectivity index (χ2v) is 7.14. The lowest BCUT2D eigenvalue weighted by molar-refractivity contribution is -0.00227. The third kappa shape index (κ3) is 3.81. The van der Waals surface area contributed by atoms with Gasteiger partial charge in [-0.15, -0.1) is 5.10 Å². The number of aryl methyl sites for hydroxylation is 2. The van der Waals surface area contributed by atoms with Crippen molar-refractivity contribution in [1.82, 2.24) is 29.8 Å². The van der Waals surface area contributed by atoms with Gasteiger partial charge in [0.15, 0.2) is 0 Å². The van der Waals surface area contributed by atoms with Crippen LogP contribution in [0, 0.1) is 18.6 Å². The molecule has 1 N–H and O–H groups in total. The fraction of sp³-hybridized carbons (Fsp3) is 0.250. The minimum absolute atomic E-state index is 0.0439. The van der Waals surface area contributed by atoms with E-state index in [2.05, 4.69) is 20.4 Å². The van der Waals surface area contributed by atoms with Crippen LogP contribution in [0.3, 0.4) is 0 Å². The average molecular weight is 412 g/mol. The summed E-state index contributed by atoms with van der Waals surface area (Å²) in [5, 5.41) is 23.6. The van der Waals surface area contributed by atoms with E-state index in [1.807, 2.05) is 13.0 Å².